The molecule has 0 atom stereocenters. The molecule has 0 aliphatic rings. The zero-order valence-corrected chi connectivity index (χ0v) is 20.0. The molecule has 0 aliphatic carbocycles. The van der Waals surface area contributed by atoms with Crippen molar-refractivity contribution in [2.24, 2.45) is 0 Å². The standard InChI is InChI=1S/C25H17ClN4O5S/c26-19-9-4-16(5-10-19)6-13-22(31)17-7-11-20(12-8-17)27-23(32)15-36-25-29-28-24(35-25)18-2-1-3-21(14-18)30(33)34/h1-14H,15H2,(H,27,32)/b13-6-. The number of halogens is 1. The summed E-state index contributed by atoms with van der Waals surface area (Å²) in [5.74, 6) is -0.362. The van der Waals surface area contributed by atoms with Crippen molar-refractivity contribution >= 4 is 52.5 Å². The number of non-ortho nitro benzene ring substituents is 1. The van der Waals surface area contributed by atoms with Gasteiger partial charge in [0.05, 0.1) is 10.7 Å². The summed E-state index contributed by atoms with van der Waals surface area (Å²) < 4.78 is 5.50. The number of carbonyl (C=O) groups excluding carboxylic acids is 2. The van der Waals surface area contributed by atoms with Gasteiger partial charge in [0.2, 0.25) is 11.8 Å². The van der Waals surface area contributed by atoms with E-state index < -0.39 is 4.92 Å². The van der Waals surface area contributed by atoms with E-state index in [1.807, 2.05) is 12.1 Å². The summed E-state index contributed by atoms with van der Waals surface area (Å²) in [6, 6.07) is 19.5. The smallest absolute Gasteiger partial charge is 0.277 e. The van der Waals surface area contributed by atoms with Crippen LogP contribution in [-0.2, 0) is 4.79 Å². The lowest BCUT2D eigenvalue weighted by atomic mass is 10.1. The number of benzene rings is 3. The van der Waals surface area contributed by atoms with Crippen LogP contribution in [0.25, 0.3) is 17.5 Å². The molecule has 0 bridgehead atoms. The fourth-order valence-corrected chi connectivity index (χ4v) is 3.71. The molecule has 0 unspecified atom stereocenters. The molecule has 9 nitrogen and oxygen atoms in total. The maximum Gasteiger partial charge on any atom is 0.277 e. The Morgan fingerprint density at radius 3 is 2.53 bits per heavy atom. The summed E-state index contributed by atoms with van der Waals surface area (Å²) in [4.78, 5) is 35.1. The molecule has 11 heteroatoms. The molecule has 1 amide bonds. The fourth-order valence-electron chi connectivity index (χ4n) is 3.02. The summed E-state index contributed by atoms with van der Waals surface area (Å²) in [7, 11) is 0. The van der Waals surface area contributed by atoms with Gasteiger partial charge in [-0.25, -0.2) is 0 Å². The van der Waals surface area contributed by atoms with Crippen LogP contribution in [0.15, 0.2) is 88.5 Å². The zero-order chi connectivity index (χ0) is 25.5. The number of amides is 1. The number of nitrogens with zero attached hydrogens (tertiary/aromatic N) is 3. The Balaban J connectivity index is 1.29. The molecular weight excluding hydrogens is 504 g/mol. The molecule has 0 spiro atoms. The third-order valence-electron chi connectivity index (χ3n) is 4.79. The number of thioether (sulfide) groups is 1. The molecule has 1 N–H and O–H groups in total. The van der Waals surface area contributed by atoms with Gasteiger partial charge >= 0.3 is 0 Å². The second-order valence-electron chi connectivity index (χ2n) is 7.34. The topological polar surface area (TPSA) is 128 Å². The van der Waals surface area contributed by atoms with E-state index >= 15 is 0 Å². The van der Waals surface area contributed by atoms with Gasteiger partial charge in [0.1, 0.15) is 0 Å². The van der Waals surface area contributed by atoms with Crippen molar-refractivity contribution in [3.05, 3.63) is 105 Å². The lowest BCUT2D eigenvalue weighted by Crippen LogP contribution is -2.14. The predicted molar refractivity (Wildman–Crippen MR) is 137 cm³/mol. The molecule has 180 valence electrons. The Kier molecular flexibility index (Phi) is 7.89. The Labute approximate surface area is 214 Å². The number of nitrogens with one attached hydrogen (secondary N) is 1. The minimum absolute atomic E-state index is 0.00107. The SMILES string of the molecule is O=C(CSc1nnc(-c2cccc([N+](=O)[O-])c2)o1)Nc1ccc(C(=O)/C=C\c2ccc(Cl)cc2)cc1. The molecule has 4 aromatic rings. The Bertz CT molecular complexity index is 1440. The van der Waals surface area contributed by atoms with Gasteiger partial charge in [0, 0.05) is 34.0 Å². The molecule has 1 heterocycles. The first-order valence-electron chi connectivity index (χ1n) is 10.5. The molecule has 4 rings (SSSR count). The molecule has 0 radical (unpaired) electrons. The van der Waals surface area contributed by atoms with Crippen molar-refractivity contribution in [2.45, 2.75) is 5.22 Å². The van der Waals surface area contributed by atoms with Crippen LogP contribution in [-0.4, -0.2) is 32.6 Å². The first kappa shape index (κ1) is 24.8. The van der Waals surface area contributed by atoms with Crippen LogP contribution in [0.1, 0.15) is 15.9 Å². The van der Waals surface area contributed by atoms with Crippen molar-refractivity contribution in [2.75, 3.05) is 11.1 Å². The Morgan fingerprint density at radius 1 is 1.06 bits per heavy atom. The van der Waals surface area contributed by atoms with E-state index in [1.54, 1.807) is 48.5 Å². The van der Waals surface area contributed by atoms with Gasteiger partial charge in [-0.1, -0.05) is 47.6 Å². The third kappa shape index (κ3) is 6.65. The van der Waals surface area contributed by atoms with Crippen LogP contribution in [0.3, 0.4) is 0 Å². The van der Waals surface area contributed by atoms with E-state index in [0.29, 0.717) is 21.8 Å². The maximum atomic E-state index is 12.4. The molecule has 3 aromatic carbocycles. The van der Waals surface area contributed by atoms with E-state index in [-0.39, 0.29) is 34.2 Å². The quantitative estimate of drug-likeness (QED) is 0.0945. The van der Waals surface area contributed by atoms with Crippen LogP contribution < -0.4 is 5.32 Å². The lowest BCUT2D eigenvalue weighted by molar-refractivity contribution is -0.384. The number of allylic oxidation sites excluding steroid dienone is 1. The highest BCUT2D eigenvalue weighted by atomic mass is 35.5. The van der Waals surface area contributed by atoms with Crippen LogP contribution in [0.4, 0.5) is 11.4 Å². The average molecular weight is 521 g/mol. The molecule has 1 aromatic heterocycles. The van der Waals surface area contributed by atoms with E-state index in [4.69, 9.17) is 16.0 Å². The number of nitro groups is 1. The van der Waals surface area contributed by atoms with Gasteiger partial charge in [0.15, 0.2) is 5.78 Å². The maximum absolute atomic E-state index is 12.4. The van der Waals surface area contributed by atoms with E-state index in [0.717, 1.165) is 17.3 Å². The summed E-state index contributed by atoms with van der Waals surface area (Å²) >= 11 is 6.89. The van der Waals surface area contributed by atoms with Crippen LogP contribution in [0, 0.1) is 10.1 Å². The average Bonchev–Trinajstić information content (AvgIpc) is 3.37. The molecule has 0 fully saturated rings. The first-order valence-corrected chi connectivity index (χ1v) is 11.8. The third-order valence-corrected chi connectivity index (χ3v) is 5.86. The van der Waals surface area contributed by atoms with Gasteiger partial charge in [-0.05, 0) is 54.1 Å². The molecule has 0 saturated carbocycles. The van der Waals surface area contributed by atoms with Gasteiger partial charge in [0.25, 0.3) is 10.9 Å². The number of hydrogen-bond acceptors (Lipinski definition) is 8. The van der Waals surface area contributed by atoms with Gasteiger partial charge < -0.3 is 9.73 Å². The van der Waals surface area contributed by atoms with E-state index in [9.17, 15) is 19.7 Å². The predicted octanol–water partition coefficient (Wildman–Crippen LogP) is 5.93. The summed E-state index contributed by atoms with van der Waals surface area (Å²) in [6.45, 7) is 0. The highest BCUT2D eigenvalue weighted by molar-refractivity contribution is 7.99. The number of nitro benzene ring substituents is 1. The Morgan fingerprint density at radius 2 is 1.81 bits per heavy atom. The molecule has 0 saturated heterocycles. The van der Waals surface area contributed by atoms with Crippen molar-refractivity contribution in [3.63, 3.8) is 0 Å². The van der Waals surface area contributed by atoms with Crippen LogP contribution in [0.5, 0.6) is 0 Å². The minimum Gasteiger partial charge on any atom is -0.411 e. The second kappa shape index (κ2) is 11.4. The normalized spacial score (nSPS) is 10.9. The fraction of sp³-hybridized carbons (Fsp3) is 0.0400. The van der Waals surface area contributed by atoms with Crippen LogP contribution >= 0.6 is 23.4 Å². The number of aromatic nitrogens is 2. The zero-order valence-electron chi connectivity index (χ0n) is 18.5. The monoisotopic (exact) mass is 520 g/mol. The van der Waals surface area contributed by atoms with E-state index in [1.165, 1.54) is 24.3 Å². The van der Waals surface area contributed by atoms with Gasteiger partial charge in [-0.15, -0.1) is 10.2 Å². The number of hydrogen-bond donors (Lipinski definition) is 1. The number of rotatable bonds is 9. The summed E-state index contributed by atoms with van der Waals surface area (Å²) in [5.41, 5.74) is 2.18. The van der Waals surface area contributed by atoms with E-state index in [2.05, 4.69) is 15.5 Å². The molecule has 0 aliphatic heterocycles. The van der Waals surface area contributed by atoms with Crippen LogP contribution in [0.2, 0.25) is 5.02 Å². The largest absolute Gasteiger partial charge is 0.411 e. The van der Waals surface area contributed by atoms with Gasteiger partial charge in [-0.3, -0.25) is 19.7 Å². The number of ketones is 1. The lowest BCUT2D eigenvalue weighted by Gasteiger charge is -2.05. The molecular formula is C25H17ClN4O5S. The molecule has 36 heavy (non-hydrogen) atoms. The number of carbonyl (C=O) groups is 2. The summed E-state index contributed by atoms with van der Waals surface area (Å²) in [6.07, 6.45) is 3.17. The highest BCUT2D eigenvalue weighted by Gasteiger charge is 2.14. The van der Waals surface area contributed by atoms with Crippen molar-refractivity contribution < 1.29 is 18.9 Å². The summed E-state index contributed by atoms with van der Waals surface area (Å²) in [5, 5.41) is 22.2. The van der Waals surface area contributed by atoms with Gasteiger partial charge in [-0.2, -0.15) is 0 Å². The first-order chi connectivity index (χ1) is 17.4. The Hall–Kier alpha value is -4.28. The minimum atomic E-state index is -0.513. The van der Waals surface area contributed by atoms with Crippen molar-refractivity contribution in [1.29, 1.82) is 0 Å². The number of anilines is 1. The van der Waals surface area contributed by atoms with Crippen molar-refractivity contribution in [1.82, 2.24) is 10.2 Å². The second-order valence-corrected chi connectivity index (χ2v) is 8.71. The highest BCUT2D eigenvalue weighted by Crippen LogP contribution is 2.26. The van der Waals surface area contributed by atoms with Crippen molar-refractivity contribution in [3.8, 4) is 11.5 Å².